The number of carbonyl (C=O) groups is 2. The largest absolute Gasteiger partial charge is 0.494 e. The Kier molecular flexibility index (Phi) is 9.22. The SMILES string of the molecule is C=CC(=O)OCCCCOc1ccc(C=Cc2ccc(OC(=O)CC)cc2)cc1. The van der Waals surface area contributed by atoms with Gasteiger partial charge in [-0.3, -0.25) is 4.79 Å². The van der Waals surface area contributed by atoms with Gasteiger partial charge in [0.25, 0.3) is 0 Å². The number of hydrogen-bond acceptors (Lipinski definition) is 5. The lowest BCUT2D eigenvalue weighted by Crippen LogP contribution is -2.05. The summed E-state index contributed by atoms with van der Waals surface area (Å²) in [5.74, 6) is 0.707. The van der Waals surface area contributed by atoms with Crippen LogP contribution in [0, 0.1) is 0 Å². The molecule has 2 rings (SSSR count). The van der Waals surface area contributed by atoms with Crippen molar-refractivity contribution >= 4 is 24.1 Å². The van der Waals surface area contributed by atoms with Crippen LogP contribution < -0.4 is 9.47 Å². The minimum absolute atomic E-state index is 0.244. The number of benzene rings is 2. The second kappa shape index (κ2) is 12.2. The molecule has 5 heteroatoms. The summed E-state index contributed by atoms with van der Waals surface area (Å²) in [7, 11) is 0. The predicted molar refractivity (Wildman–Crippen MR) is 114 cm³/mol. The van der Waals surface area contributed by atoms with Gasteiger partial charge in [-0.05, 0) is 48.2 Å². The fourth-order valence-electron chi connectivity index (χ4n) is 2.34. The molecule has 0 atom stereocenters. The predicted octanol–water partition coefficient (Wildman–Crippen LogP) is 5.06. The number of rotatable bonds is 11. The van der Waals surface area contributed by atoms with Crippen LogP contribution in [0.15, 0.2) is 61.2 Å². The number of ether oxygens (including phenoxy) is 3. The molecule has 0 aliphatic heterocycles. The lowest BCUT2D eigenvalue weighted by Gasteiger charge is -2.06. The quantitative estimate of drug-likeness (QED) is 0.175. The maximum Gasteiger partial charge on any atom is 0.330 e. The molecule has 0 aliphatic rings. The van der Waals surface area contributed by atoms with Crippen molar-refractivity contribution < 1.29 is 23.8 Å². The topological polar surface area (TPSA) is 61.8 Å². The van der Waals surface area contributed by atoms with Gasteiger partial charge in [-0.25, -0.2) is 4.79 Å². The summed E-state index contributed by atoms with van der Waals surface area (Å²) in [5, 5.41) is 0. The minimum atomic E-state index is -0.398. The highest BCUT2D eigenvalue weighted by Gasteiger charge is 2.01. The fraction of sp³-hybridized carbons (Fsp3) is 0.250. The van der Waals surface area contributed by atoms with Gasteiger partial charge in [-0.15, -0.1) is 0 Å². The molecule has 0 unspecified atom stereocenters. The van der Waals surface area contributed by atoms with Crippen molar-refractivity contribution in [1.82, 2.24) is 0 Å². The molecule has 0 radical (unpaired) electrons. The molecular weight excluding hydrogens is 368 g/mol. The van der Waals surface area contributed by atoms with E-state index in [2.05, 4.69) is 6.58 Å². The molecule has 0 aromatic heterocycles. The van der Waals surface area contributed by atoms with E-state index in [1.807, 2.05) is 48.6 Å². The Balaban J connectivity index is 1.74. The van der Waals surface area contributed by atoms with Gasteiger partial charge in [0.05, 0.1) is 13.2 Å². The Hall–Kier alpha value is -3.34. The maximum atomic E-state index is 11.3. The van der Waals surface area contributed by atoms with Crippen LogP contribution in [-0.4, -0.2) is 25.2 Å². The van der Waals surface area contributed by atoms with Crippen LogP contribution in [0.3, 0.4) is 0 Å². The highest BCUT2D eigenvalue weighted by Crippen LogP contribution is 2.17. The first-order valence-corrected chi connectivity index (χ1v) is 9.61. The van der Waals surface area contributed by atoms with E-state index in [1.165, 1.54) is 0 Å². The van der Waals surface area contributed by atoms with Crippen LogP contribution in [0.1, 0.15) is 37.3 Å². The molecule has 0 N–H and O–H groups in total. The maximum absolute atomic E-state index is 11.3. The van der Waals surface area contributed by atoms with Crippen molar-refractivity contribution in [3.8, 4) is 11.5 Å². The van der Waals surface area contributed by atoms with Crippen LogP contribution in [0.25, 0.3) is 12.2 Å². The molecule has 0 spiro atoms. The summed E-state index contributed by atoms with van der Waals surface area (Å²) in [6, 6.07) is 15.2. The van der Waals surface area contributed by atoms with Crippen molar-refractivity contribution in [1.29, 1.82) is 0 Å². The molecule has 0 amide bonds. The van der Waals surface area contributed by atoms with Crippen molar-refractivity contribution in [2.75, 3.05) is 13.2 Å². The van der Waals surface area contributed by atoms with E-state index in [1.54, 1.807) is 19.1 Å². The van der Waals surface area contributed by atoms with E-state index in [-0.39, 0.29) is 5.97 Å². The zero-order chi connectivity index (χ0) is 20.9. The summed E-state index contributed by atoms with van der Waals surface area (Å²) in [6.07, 6.45) is 7.06. The van der Waals surface area contributed by atoms with Gasteiger partial charge in [-0.1, -0.05) is 49.9 Å². The van der Waals surface area contributed by atoms with Crippen LogP contribution in [-0.2, 0) is 14.3 Å². The molecular formula is C24H26O5. The third-order valence-electron chi connectivity index (χ3n) is 3.97. The van der Waals surface area contributed by atoms with Crippen molar-refractivity contribution in [2.45, 2.75) is 26.2 Å². The van der Waals surface area contributed by atoms with E-state index in [0.717, 1.165) is 35.8 Å². The molecule has 29 heavy (non-hydrogen) atoms. The third kappa shape index (κ3) is 8.47. The summed E-state index contributed by atoms with van der Waals surface area (Å²) in [5.41, 5.74) is 2.06. The summed E-state index contributed by atoms with van der Waals surface area (Å²) < 4.78 is 15.8. The molecule has 0 saturated carbocycles. The number of esters is 2. The molecule has 2 aromatic rings. The Morgan fingerprint density at radius 3 is 1.97 bits per heavy atom. The van der Waals surface area contributed by atoms with E-state index in [4.69, 9.17) is 14.2 Å². The van der Waals surface area contributed by atoms with Crippen LogP contribution >= 0.6 is 0 Å². The molecule has 5 nitrogen and oxygen atoms in total. The van der Waals surface area contributed by atoms with E-state index >= 15 is 0 Å². The zero-order valence-corrected chi connectivity index (χ0v) is 16.6. The molecule has 0 heterocycles. The van der Waals surface area contributed by atoms with Gasteiger partial charge in [0.1, 0.15) is 11.5 Å². The molecule has 152 valence electrons. The second-order valence-corrected chi connectivity index (χ2v) is 6.23. The monoisotopic (exact) mass is 394 g/mol. The fourth-order valence-corrected chi connectivity index (χ4v) is 2.34. The lowest BCUT2D eigenvalue weighted by atomic mass is 10.1. The third-order valence-corrected chi connectivity index (χ3v) is 3.97. The molecule has 0 saturated heterocycles. The zero-order valence-electron chi connectivity index (χ0n) is 16.6. The molecule has 0 aliphatic carbocycles. The van der Waals surface area contributed by atoms with Crippen LogP contribution in [0.2, 0.25) is 0 Å². The van der Waals surface area contributed by atoms with Gasteiger partial charge in [-0.2, -0.15) is 0 Å². The Morgan fingerprint density at radius 2 is 1.41 bits per heavy atom. The Labute approximate surface area is 171 Å². The van der Waals surface area contributed by atoms with Gasteiger partial charge < -0.3 is 14.2 Å². The minimum Gasteiger partial charge on any atom is -0.494 e. The molecule has 0 fully saturated rings. The summed E-state index contributed by atoms with van der Waals surface area (Å²) >= 11 is 0. The van der Waals surface area contributed by atoms with E-state index in [0.29, 0.717) is 25.4 Å². The normalized spacial score (nSPS) is 10.5. The van der Waals surface area contributed by atoms with Gasteiger partial charge in [0.2, 0.25) is 0 Å². The van der Waals surface area contributed by atoms with Crippen molar-refractivity contribution in [3.05, 3.63) is 72.3 Å². The summed E-state index contributed by atoms with van der Waals surface area (Å²) in [4.78, 5) is 22.2. The highest BCUT2D eigenvalue weighted by atomic mass is 16.5. The highest BCUT2D eigenvalue weighted by molar-refractivity contribution is 5.81. The van der Waals surface area contributed by atoms with Crippen molar-refractivity contribution in [2.24, 2.45) is 0 Å². The van der Waals surface area contributed by atoms with Gasteiger partial charge >= 0.3 is 11.9 Å². The molecule has 2 aromatic carbocycles. The average Bonchev–Trinajstić information content (AvgIpc) is 2.76. The smallest absolute Gasteiger partial charge is 0.330 e. The van der Waals surface area contributed by atoms with Crippen LogP contribution in [0.4, 0.5) is 0 Å². The van der Waals surface area contributed by atoms with Gasteiger partial charge in [0, 0.05) is 12.5 Å². The first-order chi connectivity index (χ1) is 14.1. The van der Waals surface area contributed by atoms with E-state index in [9.17, 15) is 9.59 Å². The summed E-state index contributed by atoms with van der Waals surface area (Å²) in [6.45, 7) is 6.05. The number of carbonyl (C=O) groups excluding carboxylic acids is 2. The van der Waals surface area contributed by atoms with Crippen LogP contribution in [0.5, 0.6) is 11.5 Å². The van der Waals surface area contributed by atoms with Crippen molar-refractivity contribution in [3.63, 3.8) is 0 Å². The Morgan fingerprint density at radius 1 is 0.862 bits per heavy atom. The second-order valence-electron chi connectivity index (χ2n) is 6.23. The average molecular weight is 394 g/mol. The molecule has 0 bridgehead atoms. The first-order valence-electron chi connectivity index (χ1n) is 9.61. The first kappa shape index (κ1) is 22.0. The van der Waals surface area contributed by atoms with Gasteiger partial charge in [0.15, 0.2) is 0 Å². The lowest BCUT2D eigenvalue weighted by molar-refractivity contribution is -0.138. The number of unbranched alkanes of at least 4 members (excludes halogenated alkanes) is 1. The standard InChI is InChI=1S/C24H26O5/c1-3-23(25)28-18-6-5-17-27-21-13-9-19(10-14-21)7-8-20-11-15-22(16-12-20)29-24(26)4-2/h3,7-16H,1,4-6,17-18H2,2H3. The van der Waals surface area contributed by atoms with E-state index < -0.39 is 5.97 Å². The number of hydrogen-bond donors (Lipinski definition) is 0. The Bertz CT molecular complexity index is 819.